The highest BCUT2D eigenvalue weighted by atomic mass is 16.7. The van der Waals surface area contributed by atoms with Crippen molar-refractivity contribution in [3.8, 4) is 11.5 Å². The highest BCUT2D eigenvalue weighted by Gasteiger charge is 2.28. The molecular weight excluding hydrogens is 344 g/mol. The van der Waals surface area contributed by atoms with Gasteiger partial charge >= 0.3 is 0 Å². The van der Waals surface area contributed by atoms with E-state index in [2.05, 4.69) is 5.32 Å². The summed E-state index contributed by atoms with van der Waals surface area (Å²) in [6.45, 7) is 2.12. The van der Waals surface area contributed by atoms with Crippen LogP contribution in [0, 0.1) is 0 Å². The number of ether oxygens (including phenoxy) is 2. The fourth-order valence-electron chi connectivity index (χ4n) is 3.41. The fraction of sp³-hybridized carbons (Fsp3) is 0.238. The number of rotatable bonds is 4. The second-order valence-corrected chi connectivity index (χ2v) is 6.56. The maximum absolute atomic E-state index is 12.6. The zero-order valence-electron chi connectivity index (χ0n) is 15.0. The quantitative estimate of drug-likeness (QED) is 0.906. The third-order valence-corrected chi connectivity index (χ3v) is 4.77. The molecule has 2 heterocycles. The molecule has 0 saturated heterocycles. The van der Waals surface area contributed by atoms with E-state index >= 15 is 0 Å². The van der Waals surface area contributed by atoms with Gasteiger partial charge in [0.1, 0.15) is 0 Å². The molecule has 0 spiro atoms. The lowest BCUT2D eigenvalue weighted by Crippen LogP contribution is -2.35. The van der Waals surface area contributed by atoms with Crippen molar-refractivity contribution in [3.63, 3.8) is 0 Å². The van der Waals surface area contributed by atoms with Crippen LogP contribution in [0.2, 0.25) is 0 Å². The van der Waals surface area contributed by atoms with Crippen LogP contribution >= 0.6 is 0 Å². The Bertz CT molecular complexity index is 922. The summed E-state index contributed by atoms with van der Waals surface area (Å²) in [5, 5.41) is 2.93. The second kappa shape index (κ2) is 7.15. The van der Waals surface area contributed by atoms with Gasteiger partial charge in [-0.3, -0.25) is 9.59 Å². The number of nitrogens with one attached hydrogen (secondary N) is 1. The number of benzene rings is 2. The highest BCUT2D eigenvalue weighted by Crippen LogP contribution is 2.34. The number of hydrogen-bond acceptors (Lipinski definition) is 4. The summed E-state index contributed by atoms with van der Waals surface area (Å²) in [4.78, 5) is 26.2. The van der Waals surface area contributed by atoms with Crippen LogP contribution in [0.4, 0.5) is 0 Å². The van der Waals surface area contributed by atoms with Crippen LogP contribution in [-0.2, 0) is 16.1 Å². The molecule has 1 unspecified atom stereocenters. The Labute approximate surface area is 157 Å². The molecule has 0 aliphatic carbocycles. The molecule has 1 N–H and O–H groups in total. The predicted octanol–water partition coefficient (Wildman–Crippen LogP) is 3.00. The molecule has 0 fully saturated rings. The van der Waals surface area contributed by atoms with Gasteiger partial charge in [-0.05, 0) is 34.9 Å². The molecule has 4 rings (SSSR count). The Kier molecular flexibility index (Phi) is 4.54. The predicted molar refractivity (Wildman–Crippen MR) is 99.8 cm³/mol. The fourth-order valence-corrected chi connectivity index (χ4v) is 3.41. The molecule has 0 aromatic heterocycles. The molecule has 2 aromatic carbocycles. The van der Waals surface area contributed by atoms with E-state index in [1.807, 2.05) is 48.5 Å². The SMILES string of the molecule is CC(=O)N1C=Cc2ccccc2C1CC(=O)NCc1ccc2c(c1)OCO2. The molecular formula is C21H20N2O4. The van der Waals surface area contributed by atoms with Crippen LogP contribution in [-0.4, -0.2) is 23.5 Å². The minimum Gasteiger partial charge on any atom is -0.454 e. The summed E-state index contributed by atoms with van der Waals surface area (Å²) in [5.74, 6) is 1.20. The lowest BCUT2D eigenvalue weighted by molar-refractivity contribution is -0.130. The number of carbonyl (C=O) groups is 2. The van der Waals surface area contributed by atoms with Gasteiger partial charge in [0.25, 0.3) is 0 Å². The standard InChI is InChI=1S/C21H20N2O4/c1-14(24)23-9-8-16-4-2-3-5-17(16)18(23)11-21(25)22-12-15-6-7-19-20(10-15)27-13-26-19/h2-10,18H,11-13H2,1H3,(H,22,25). The molecule has 2 aromatic rings. The number of carbonyl (C=O) groups excluding carboxylic acids is 2. The molecule has 1 atom stereocenters. The Morgan fingerprint density at radius 3 is 2.81 bits per heavy atom. The van der Waals surface area contributed by atoms with Gasteiger partial charge in [-0.2, -0.15) is 0 Å². The van der Waals surface area contributed by atoms with E-state index in [1.54, 1.807) is 11.1 Å². The molecule has 0 radical (unpaired) electrons. The average molecular weight is 364 g/mol. The van der Waals surface area contributed by atoms with Crippen LogP contribution < -0.4 is 14.8 Å². The molecule has 6 heteroatoms. The summed E-state index contributed by atoms with van der Waals surface area (Å²) < 4.78 is 10.7. The van der Waals surface area contributed by atoms with Gasteiger partial charge in [0.15, 0.2) is 11.5 Å². The Morgan fingerprint density at radius 1 is 1.15 bits per heavy atom. The van der Waals surface area contributed by atoms with Gasteiger partial charge in [-0.15, -0.1) is 0 Å². The maximum Gasteiger partial charge on any atom is 0.231 e. The number of hydrogen-bond donors (Lipinski definition) is 1. The van der Waals surface area contributed by atoms with Crippen molar-refractivity contribution < 1.29 is 19.1 Å². The molecule has 2 aliphatic rings. The highest BCUT2D eigenvalue weighted by molar-refractivity contribution is 5.81. The van der Waals surface area contributed by atoms with Crippen molar-refractivity contribution in [3.05, 3.63) is 65.4 Å². The minimum atomic E-state index is -0.305. The van der Waals surface area contributed by atoms with Gasteiger partial charge < -0.3 is 19.7 Å². The van der Waals surface area contributed by atoms with E-state index in [4.69, 9.17) is 9.47 Å². The third-order valence-electron chi connectivity index (χ3n) is 4.77. The van der Waals surface area contributed by atoms with Crippen molar-refractivity contribution in [1.82, 2.24) is 10.2 Å². The Hall–Kier alpha value is -3.28. The van der Waals surface area contributed by atoms with Gasteiger partial charge in [-0.1, -0.05) is 30.3 Å². The van der Waals surface area contributed by atoms with Crippen LogP contribution in [0.3, 0.4) is 0 Å². The van der Waals surface area contributed by atoms with Crippen molar-refractivity contribution in [2.75, 3.05) is 6.79 Å². The molecule has 2 aliphatic heterocycles. The topological polar surface area (TPSA) is 67.9 Å². The van der Waals surface area contributed by atoms with Gasteiger partial charge in [0, 0.05) is 19.7 Å². The van der Waals surface area contributed by atoms with Crippen molar-refractivity contribution in [2.24, 2.45) is 0 Å². The van der Waals surface area contributed by atoms with E-state index in [0.29, 0.717) is 18.0 Å². The third kappa shape index (κ3) is 3.51. The van der Waals surface area contributed by atoms with Gasteiger partial charge in [0.2, 0.25) is 18.6 Å². The first-order valence-electron chi connectivity index (χ1n) is 8.83. The normalized spacial score (nSPS) is 16.8. The van der Waals surface area contributed by atoms with Gasteiger partial charge in [0.05, 0.1) is 12.5 Å². The molecule has 27 heavy (non-hydrogen) atoms. The summed E-state index contributed by atoms with van der Waals surface area (Å²) in [6.07, 6.45) is 3.85. The van der Waals surface area contributed by atoms with E-state index in [9.17, 15) is 9.59 Å². The Morgan fingerprint density at radius 2 is 1.96 bits per heavy atom. The van der Waals surface area contributed by atoms with E-state index in [1.165, 1.54) is 6.92 Å². The van der Waals surface area contributed by atoms with Crippen molar-refractivity contribution in [2.45, 2.75) is 25.9 Å². The van der Waals surface area contributed by atoms with Crippen molar-refractivity contribution in [1.29, 1.82) is 0 Å². The zero-order valence-corrected chi connectivity index (χ0v) is 15.0. The lowest BCUT2D eigenvalue weighted by atomic mass is 9.93. The van der Waals surface area contributed by atoms with Crippen LogP contribution in [0.1, 0.15) is 36.1 Å². The number of fused-ring (bicyclic) bond motifs is 2. The molecule has 2 amide bonds. The van der Waals surface area contributed by atoms with Crippen LogP contribution in [0.5, 0.6) is 11.5 Å². The largest absolute Gasteiger partial charge is 0.454 e. The zero-order chi connectivity index (χ0) is 18.8. The first-order valence-corrected chi connectivity index (χ1v) is 8.83. The van der Waals surface area contributed by atoms with Crippen molar-refractivity contribution >= 4 is 17.9 Å². The average Bonchev–Trinajstić information content (AvgIpc) is 3.14. The van der Waals surface area contributed by atoms with Crippen LogP contribution in [0.25, 0.3) is 6.08 Å². The van der Waals surface area contributed by atoms with Gasteiger partial charge in [-0.25, -0.2) is 0 Å². The van der Waals surface area contributed by atoms with Crippen LogP contribution in [0.15, 0.2) is 48.7 Å². The second-order valence-electron chi connectivity index (χ2n) is 6.56. The minimum absolute atomic E-state index is 0.0886. The summed E-state index contributed by atoms with van der Waals surface area (Å²) in [6, 6.07) is 13.1. The van der Waals surface area contributed by atoms with E-state index in [-0.39, 0.29) is 31.1 Å². The summed E-state index contributed by atoms with van der Waals surface area (Å²) >= 11 is 0. The smallest absolute Gasteiger partial charge is 0.231 e. The summed E-state index contributed by atoms with van der Waals surface area (Å²) in [5.41, 5.74) is 2.94. The van der Waals surface area contributed by atoms with E-state index in [0.717, 1.165) is 16.7 Å². The lowest BCUT2D eigenvalue weighted by Gasteiger charge is -2.32. The van der Waals surface area contributed by atoms with E-state index < -0.39 is 0 Å². The first-order chi connectivity index (χ1) is 13.1. The molecule has 0 bridgehead atoms. The molecule has 0 saturated carbocycles. The first kappa shape index (κ1) is 17.1. The summed E-state index contributed by atoms with van der Waals surface area (Å²) in [7, 11) is 0. The number of nitrogens with zero attached hydrogens (tertiary/aromatic N) is 1. The Balaban J connectivity index is 1.44. The maximum atomic E-state index is 12.6. The monoisotopic (exact) mass is 364 g/mol. The molecule has 6 nitrogen and oxygen atoms in total. The molecule has 138 valence electrons. The number of amides is 2.